The third-order valence-electron chi connectivity index (χ3n) is 5.32. The maximum atomic E-state index is 13.2. The molecule has 3 rings (SSSR count). The Labute approximate surface area is 177 Å². The van der Waals surface area contributed by atoms with Crippen LogP contribution in [-0.2, 0) is 0 Å². The van der Waals surface area contributed by atoms with E-state index in [0.29, 0.717) is 34.9 Å². The van der Waals surface area contributed by atoms with Crippen LogP contribution in [0, 0.1) is 0 Å². The van der Waals surface area contributed by atoms with Gasteiger partial charge in [-0.15, -0.1) is 0 Å². The molecule has 1 heterocycles. The quantitative estimate of drug-likeness (QED) is 0.719. The van der Waals surface area contributed by atoms with Gasteiger partial charge in [-0.2, -0.15) is 0 Å². The van der Waals surface area contributed by atoms with Crippen molar-refractivity contribution in [3.63, 3.8) is 0 Å². The Hall–Kier alpha value is -2.53. The number of amides is 2. The number of carbonyl (C=O) groups is 2. The van der Waals surface area contributed by atoms with E-state index >= 15 is 0 Å². The van der Waals surface area contributed by atoms with Crippen molar-refractivity contribution in [3.8, 4) is 0 Å². The van der Waals surface area contributed by atoms with Crippen molar-refractivity contribution in [3.05, 3.63) is 58.6 Å². The van der Waals surface area contributed by atoms with Gasteiger partial charge in [0.2, 0.25) is 0 Å². The largest absolute Gasteiger partial charge is 0.371 e. The smallest absolute Gasteiger partial charge is 0.256 e. The van der Waals surface area contributed by atoms with Gasteiger partial charge in [-0.05, 0) is 69.5 Å². The van der Waals surface area contributed by atoms with Crippen LogP contribution in [0.15, 0.2) is 42.5 Å². The van der Waals surface area contributed by atoms with Crippen LogP contribution in [0.4, 0.5) is 11.4 Å². The highest BCUT2D eigenvalue weighted by molar-refractivity contribution is 6.31. The van der Waals surface area contributed by atoms with Gasteiger partial charge in [0.1, 0.15) is 0 Å². The zero-order valence-corrected chi connectivity index (χ0v) is 17.8. The number of halogens is 1. The summed E-state index contributed by atoms with van der Waals surface area (Å²) in [7, 11) is 0. The highest BCUT2D eigenvalue weighted by atomic mass is 35.5. The Morgan fingerprint density at radius 1 is 1.03 bits per heavy atom. The molecule has 1 aliphatic rings. The minimum absolute atomic E-state index is 0.00516. The van der Waals surface area contributed by atoms with Crippen molar-refractivity contribution in [2.75, 3.05) is 36.4 Å². The van der Waals surface area contributed by atoms with Crippen LogP contribution in [0.25, 0.3) is 0 Å². The Bertz CT molecular complexity index is 874. The van der Waals surface area contributed by atoms with Crippen molar-refractivity contribution >= 4 is 34.8 Å². The lowest BCUT2D eigenvalue weighted by molar-refractivity contribution is 0.0773. The molecule has 0 bridgehead atoms. The van der Waals surface area contributed by atoms with Gasteiger partial charge in [0, 0.05) is 48.1 Å². The SMILES string of the molecule is CCN(CC)C(=O)c1cc(NC(=O)c2cccc(Cl)c2)ccc1N1CCCCC1. The fourth-order valence-electron chi connectivity index (χ4n) is 3.71. The Balaban J connectivity index is 1.91. The van der Waals surface area contributed by atoms with E-state index in [0.717, 1.165) is 31.6 Å². The first-order chi connectivity index (χ1) is 14.0. The summed E-state index contributed by atoms with van der Waals surface area (Å²) in [6, 6.07) is 12.4. The first-order valence-corrected chi connectivity index (χ1v) is 10.7. The van der Waals surface area contributed by atoms with Crippen LogP contribution in [0.2, 0.25) is 5.02 Å². The van der Waals surface area contributed by atoms with Crippen molar-refractivity contribution < 1.29 is 9.59 Å². The van der Waals surface area contributed by atoms with Crippen molar-refractivity contribution in [2.24, 2.45) is 0 Å². The standard InChI is InChI=1S/C23H28ClN3O2/c1-3-26(4-2)23(29)20-16-19(11-12-21(20)27-13-6-5-7-14-27)25-22(28)17-9-8-10-18(24)15-17/h8-12,15-16H,3-7,13-14H2,1-2H3,(H,25,28). The molecule has 0 radical (unpaired) electrons. The Morgan fingerprint density at radius 2 is 1.76 bits per heavy atom. The van der Waals surface area contributed by atoms with Crippen LogP contribution in [0.5, 0.6) is 0 Å². The molecule has 0 atom stereocenters. The summed E-state index contributed by atoms with van der Waals surface area (Å²) in [4.78, 5) is 29.9. The monoisotopic (exact) mass is 413 g/mol. The maximum absolute atomic E-state index is 13.2. The molecule has 2 amide bonds. The predicted octanol–water partition coefficient (Wildman–Crippen LogP) is 5.06. The van der Waals surface area contributed by atoms with Gasteiger partial charge in [-0.25, -0.2) is 0 Å². The number of hydrogen-bond acceptors (Lipinski definition) is 3. The highest BCUT2D eigenvalue weighted by Crippen LogP contribution is 2.28. The second kappa shape index (κ2) is 9.79. The minimum atomic E-state index is -0.250. The lowest BCUT2D eigenvalue weighted by Gasteiger charge is -2.31. The van der Waals surface area contributed by atoms with Gasteiger partial charge in [0.25, 0.3) is 11.8 Å². The number of rotatable bonds is 6. The zero-order chi connectivity index (χ0) is 20.8. The summed E-state index contributed by atoms with van der Waals surface area (Å²) >= 11 is 6.00. The van der Waals surface area contributed by atoms with Crippen LogP contribution in [0.3, 0.4) is 0 Å². The molecule has 0 aliphatic carbocycles. The average molecular weight is 414 g/mol. The van der Waals surface area contributed by atoms with Crippen molar-refractivity contribution in [2.45, 2.75) is 33.1 Å². The molecule has 0 saturated carbocycles. The molecule has 0 spiro atoms. The molecular weight excluding hydrogens is 386 g/mol. The van der Waals surface area contributed by atoms with Gasteiger partial charge < -0.3 is 15.1 Å². The summed E-state index contributed by atoms with van der Waals surface area (Å²) in [6.45, 7) is 7.15. The summed E-state index contributed by atoms with van der Waals surface area (Å²) < 4.78 is 0. The number of nitrogens with one attached hydrogen (secondary N) is 1. The average Bonchev–Trinajstić information content (AvgIpc) is 2.75. The number of piperidine rings is 1. The summed E-state index contributed by atoms with van der Waals surface area (Å²) in [5.74, 6) is -0.256. The van der Waals surface area contributed by atoms with Gasteiger partial charge in [0.05, 0.1) is 5.56 Å². The second-order valence-electron chi connectivity index (χ2n) is 7.22. The van der Waals surface area contributed by atoms with E-state index in [2.05, 4.69) is 10.2 Å². The van der Waals surface area contributed by atoms with Crippen LogP contribution < -0.4 is 10.2 Å². The van der Waals surface area contributed by atoms with E-state index in [4.69, 9.17) is 11.6 Å². The third kappa shape index (κ3) is 5.10. The molecule has 1 saturated heterocycles. The summed E-state index contributed by atoms with van der Waals surface area (Å²) in [5, 5.41) is 3.41. The van der Waals surface area contributed by atoms with E-state index in [1.807, 2.05) is 30.9 Å². The number of benzene rings is 2. The third-order valence-corrected chi connectivity index (χ3v) is 5.55. The van der Waals surface area contributed by atoms with E-state index in [-0.39, 0.29) is 11.8 Å². The number of anilines is 2. The van der Waals surface area contributed by atoms with Crippen LogP contribution in [0.1, 0.15) is 53.8 Å². The maximum Gasteiger partial charge on any atom is 0.256 e. The fraction of sp³-hybridized carbons (Fsp3) is 0.391. The Morgan fingerprint density at radius 3 is 2.41 bits per heavy atom. The van der Waals surface area contributed by atoms with Crippen LogP contribution in [-0.4, -0.2) is 42.9 Å². The lowest BCUT2D eigenvalue weighted by atomic mass is 10.0. The predicted molar refractivity (Wildman–Crippen MR) is 119 cm³/mol. The molecule has 29 heavy (non-hydrogen) atoms. The van der Waals surface area contributed by atoms with Crippen molar-refractivity contribution in [1.82, 2.24) is 4.90 Å². The topological polar surface area (TPSA) is 52.7 Å². The summed E-state index contributed by atoms with van der Waals surface area (Å²) in [5.41, 5.74) is 2.67. The summed E-state index contributed by atoms with van der Waals surface area (Å²) in [6.07, 6.45) is 3.49. The fourth-order valence-corrected chi connectivity index (χ4v) is 3.90. The van der Waals surface area contributed by atoms with Gasteiger partial charge in [-0.3, -0.25) is 9.59 Å². The lowest BCUT2D eigenvalue weighted by Crippen LogP contribution is -2.35. The zero-order valence-electron chi connectivity index (χ0n) is 17.1. The van der Waals surface area contributed by atoms with Crippen molar-refractivity contribution in [1.29, 1.82) is 0 Å². The molecule has 1 aliphatic heterocycles. The van der Waals surface area contributed by atoms with E-state index in [1.54, 1.807) is 30.3 Å². The molecule has 0 unspecified atom stereocenters. The highest BCUT2D eigenvalue weighted by Gasteiger charge is 2.22. The Kier molecular flexibility index (Phi) is 7.15. The van der Waals surface area contributed by atoms with E-state index in [1.165, 1.54) is 6.42 Å². The first-order valence-electron chi connectivity index (χ1n) is 10.3. The normalized spacial score (nSPS) is 13.8. The van der Waals surface area contributed by atoms with E-state index in [9.17, 15) is 9.59 Å². The van der Waals surface area contributed by atoms with Gasteiger partial charge in [-0.1, -0.05) is 17.7 Å². The molecule has 1 N–H and O–H groups in total. The van der Waals surface area contributed by atoms with Crippen LogP contribution >= 0.6 is 11.6 Å². The molecule has 0 aromatic heterocycles. The number of nitrogens with zero attached hydrogens (tertiary/aromatic N) is 2. The molecule has 2 aromatic rings. The molecule has 1 fully saturated rings. The number of carbonyl (C=O) groups excluding carboxylic acids is 2. The van der Waals surface area contributed by atoms with Gasteiger partial charge in [0.15, 0.2) is 0 Å². The molecule has 5 nitrogen and oxygen atoms in total. The molecule has 154 valence electrons. The first kappa shape index (κ1) is 21.2. The van der Waals surface area contributed by atoms with E-state index < -0.39 is 0 Å². The van der Waals surface area contributed by atoms with Gasteiger partial charge >= 0.3 is 0 Å². The second-order valence-corrected chi connectivity index (χ2v) is 7.66. The molecule has 6 heteroatoms. The number of hydrogen-bond donors (Lipinski definition) is 1. The molecule has 2 aromatic carbocycles. The minimum Gasteiger partial charge on any atom is -0.371 e. The molecular formula is C23H28ClN3O2.